The molecule has 0 fully saturated rings. The Morgan fingerprint density at radius 2 is 1.53 bits per heavy atom. The van der Waals surface area contributed by atoms with Gasteiger partial charge in [0.15, 0.2) is 0 Å². The maximum atomic E-state index is 11.3. The molecule has 15 heavy (non-hydrogen) atoms. The molecule has 3 nitrogen and oxygen atoms in total. The summed E-state index contributed by atoms with van der Waals surface area (Å²) in [5.74, 6) is -0.347. The van der Waals surface area contributed by atoms with Crippen LogP contribution < -0.4 is 5.11 Å². The van der Waals surface area contributed by atoms with Crippen molar-refractivity contribution in [3.8, 4) is 0 Å². The fourth-order valence-corrected chi connectivity index (χ4v) is 1.43. The molecular weight excluding hydrogens is 190 g/mol. The van der Waals surface area contributed by atoms with E-state index < -0.39 is 0 Å². The van der Waals surface area contributed by atoms with Crippen LogP contribution in [0.5, 0.6) is 0 Å². The summed E-state index contributed by atoms with van der Waals surface area (Å²) in [6.07, 6.45) is 6.84. The predicted molar refractivity (Wildman–Crippen MR) is 60.5 cm³/mol. The van der Waals surface area contributed by atoms with Gasteiger partial charge in [0, 0.05) is 0 Å². The first-order valence-electron chi connectivity index (χ1n) is 4.76. The highest BCUT2D eigenvalue weighted by molar-refractivity contribution is 4.83. The van der Waals surface area contributed by atoms with E-state index >= 15 is 0 Å². The molecule has 84 valence electrons. The van der Waals surface area contributed by atoms with E-state index in [9.17, 15) is 5.11 Å². The van der Waals surface area contributed by atoms with Crippen molar-refractivity contribution in [1.29, 1.82) is 0 Å². The molecule has 0 rings (SSSR count). The largest absolute Gasteiger partial charge is 0.613 e. The summed E-state index contributed by atoms with van der Waals surface area (Å²) in [7, 11) is 1.36. The van der Waals surface area contributed by atoms with Gasteiger partial charge in [-0.15, -0.1) is 0 Å². The van der Waals surface area contributed by atoms with Crippen LogP contribution in [0.15, 0.2) is 50.1 Å². The van der Waals surface area contributed by atoms with Crippen LogP contribution in [0.25, 0.3) is 0 Å². The lowest BCUT2D eigenvalue weighted by atomic mass is 10.3. The lowest BCUT2D eigenvalue weighted by Crippen LogP contribution is -2.44. The number of methoxy groups -OCH3 is 1. The van der Waals surface area contributed by atoms with Gasteiger partial charge in [-0.1, -0.05) is 19.7 Å². The number of hydrogen-bond donors (Lipinski definition) is 0. The van der Waals surface area contributed by atoms with Gasteiger partial charge in [0.25, 0.3) is 0 Å². The van der Waals surface area contributed by atoms with E-state index in [0.29, 0.717) is 24.1 Å². The quantitative estimate of drug-likeness (QED) is 0.341. The third-order valence-corrected chi connectivity index (χ3v) is 2.06. The van der Waals surface area contributed by atoms with Gasteiger partial charge in [-0.2, -0.15) is 0 Å². The van der Waals surface area contributed by atoms with Crippen molar-refractivity contribution >= 4 is 0 Å². The molecule has 0 saturated heterocycles. The lowest BCUT2D eigenvalue weighted by Gasteiger charge is -2.33. The van der Waals surface area contributed by atoms with Crippen LogP contribution >= 0.6 is 0 Å². The minimum Gasteiger partial charge on any atom is -0.613 e. The second kappa shape index (κ2) is 6.90. The maximum absolute atomic E-state index is 11.3. The van der Waals surface area contributed by atoms with E-state index in [2.05, 4.69) is 24.5 Å². The number of ether oxygens (including phenoxy) is 1. The van der Waals surface area contributed by atoms with Gasteiger partial charge in [-0.25, -0.2) is 0 Å². The van der Waals surface area contributed by atoms with E-state index in [1.165, 1.54) is 13.3 Å². The van der Waals surface area contributed by atoms with E-state index in [0.717, 1.165) is 0 Å². The zero-order valence-corrected chi connectivity index (χ0v) is 9.32. The molecule has 0 atom stereocenters. The van der Waals surface area contributed by atoms with Crippen molar-refractivity contribution in [2.24, 2.45) is 0 Å². The second-order valence-corrected chi connectivity index (χ2v) is 3.28. The monoisotopic (exact) mass is 209 g/mol. The van der Waals surface area contributed by atoms with Crippen LogP contribution in [-0.4, -0.2) is 31.2 Å². The van der Waals surface area contributed by atoms with Gasteiger partial charge >= 0.3 is 0 Å². The molecule has 3 heteroatoms. The Kier molecular flexibility index (Phi) is 6.22. The maximum Gasteiger partial charge on any atom is 0.119 e. The molecule has 0 bridgehead atoms. The Morgan fingerprint density at radius 3 is 1.80 bits per heavy atom. The van der Waals surface area contributed by atoms with Crippen molar-refractivity contribution in [3.63, 3.8) is 0 Å². The van der Waals surface area contributed by atoms with E-state index in [1.807, 2.05) is 0 Å². The van der Waals surface area contributed by atoms with Crippen LogP contribution in [0.4, 0.5) is 0 Å². The molecule has 0 aliphatic carbocycles. The zero-order valence-electron chi connectivity index (χ0n) is 9.32. The number of rotatable bonds is 8. The summed E-state index contributed by atoms with van der Waals surface area (Å²) in [6.45, 7) is 13.0. The molecule has 0 aromatic heterocycles. The molecule has 0 heterocycles. The van der Waals surface area contributed by atoms with Gasteiger partial charge < -0.3 is 9.84 Å². The van der Waals surface area contributed by atoms with E-state index in [1.54, 1.807) is 18.2 Å². The Morgan fingerprint density at radius 1 is 1.13 bits per heavy atom. The van der Waals surface area contributed by atoms with Crippen molar-refractivity contribution in [2.75, 3.05) is 26.7 Å². The predicted octanol–water partition coefficient (Wildman–Crippen LogP) is 1.17. The third-order valence-electron chi connectivity index (χ3n) is 2.06. The zero-order chi connectivity index (χ0) is 11.7. The highest BCUT2D eigenvalue weighted by Crippen LogP contribution is 2.10. The molecule has 0 aliphatic rings. The first-order chi connectivity index (χ1) is 7.14. The van der Waals surface area contributed by atoms with Crippen LogP contribution in [0.3, 0.4) is 0 Å². The highest BCUT2D eigenvalue weighted by Gasteiger charge is 2.20. The van der Waals surface area contributed by atoms with Gasteiger partial charge in [0.1, 0.15) is 31.8 Å². The third kappa shape index (κ3) is 4.51. The number of hydrogen-bond acceptors (Lipinski definition) is 2. The summed E-state index contributed by atoms with van der Waals surface area (Å²) >= 11 is 0. The van der Waals surface area contributed by atoms with Crippen molar-refractivity contribution in [1.82, 2.24) is 0 Å². The molecule has 0 saturated carbocycles. The lowest BCUT2D eigenvalue weighted by molar-refractivity contribution is -0.864. The van der Waals surface area contributed by atoms with E-state index in [-0.39, 0.29) is 5.95 Å². The smallest absolute Gasteiger partial charge is 0.119 e. The van der Waals surface area contributed by atoms with E-state index in [4.69, 9.17) is 0 Å². The summed E-state index contributed by atoms with van der Waals surface area (Å²) in [5.41, 5.74) is 0. The van der Waals surface area contributed by atoms with Gasteiger partial charge in [-0.3, -0.25) is 4.48 Å². The SMILES string of the molecule is C=CC[N+](/C=C(\[O-])OC)(CC=C)CC=C. The van der Waals surface area contributed by atoms with Crippen LogP contribution in [0.1, 0.15) is 0 Å². The van der Waals surface area contributed by atoms with Crippen molar-refractivity contribution in [3.05, 3.63) is 50.1 Å². The fourth-order valence-electron chi connectivity index (χ4n) is 1.43. The average molecular weight is 209 g/mol. The normalized spacial score (nSPS) is 11.9. The standard InChI is InChI=1S/C12H19NO2/c1-5-8-13(9-6-2,10-7-3)11-12(14)15-4/h5-7,11H,1-3,8-10H2,4H3/b12-11+. The van der Waals surface area contributed by atoms with Crippen LogP contribution in [0, 0.1) is 0 Å². The minimum atomic E-state index is -0.347. The van der Waals surface area contributed by atoms with Crippen molar-refractivity contribution < 1.29 is 14.3 Å². The number of nitrogens with zero attached hydrogens (tertiary/aromatic N) is 1. The highest BCUT2D eigenvalue weighted by atomic mass is 16.6. The van der Waals surface area contributed by atoms with Crippen LogP contribution in [-0.2, 0) is 4.74 Å². The molecule has 0 aromatic carbocycles. The summed E-state index contributed by atoms with van der Waals surface area (Å²) in [4.78, 5) is 0. The Balaban J connectivity index is 4.98. The van der Waals surface area contributed by atoms with Gasteiger partial charge in [-0.05, 0) is 25.3 Å². The van der Waals surface area contributed by atoms with Gasteiger partial charge in [0.05, 0.1) is 0 Å². The topological polar surface area (TPSA) is 32.3 Å². The first-order valence-corrected chi connectivity index (χ1v) is 4.76. The summed E-state index contributed by atoms with van der Waals surface area (Å²) < 4.78 is 5.05. The summed E-state index contributed by atoms with van der Waals surface area (Å²) in [6, 6.07) is 0. The first kappa shape index (κ1) is 13.5. The Labute approximate surface area is 91.9 Å². The molecular formula is C12H19NO2. The van der Waals surface area contributed by atoms with Crippen LogP contribution in [0.2, 0.25) is 0 Å². The molecule has 0 aliphatic heterocycles. The Hall–Kier alpha value is -1.48. The average Bonchev–Trinajstić information content (AvgIpc) is 2.18. The summed E-state index contributed by atoms with van der Waals surface area (Å²) in [5, 5.41) is 11.3. The molecule has 0 unspecified atom stereocenters. The molecule has 0 N–H and O–H groups in total. The number of quaternary nitrogens is 1. The molecule has 0 amide bonds. The minimum absolute atomic E-state index is 0.347. The Bertz CT molecular complexity index is 230. The van der Waals surface area contributed by atoms with Crippen molar-refractivity contribution in [2.45, 2.75) is 0 Å². The van der Waals surface area contributed by atoms with Gasteiger partial charge in [0.2, 0.25) is 0 Å². The fraction of sp³-hybridized carbons (Fsp3) is 0.333. The second-order valence-electron chi connectivity index (χ2n) is 3.28. The molecule has 0 aromatic rings. The molecule has 0 spiro atoms. The molecule has 0 radical (unpaired) electrons.